The molecule has 2 rings (SSSR count). The van der Waals surface area contributed by atoms with E-state index in [1.54, 1.807) is 24.3 Å². The summed E-state index contributed by atoms with van der Waals surface area (Å²) in [5.74, 6) is 0.421. The minimum absolute atomic E-state index is 0.393. The Hall–Kier alpha value is -1.59. The second-order valence-corrected chi connectivity index (χ2v) is 4.00. The van der Waals surface area contributed by atoms with E-state index in [1.807, 2.05) is 6.07 Å². The number of hydrogen-bond acceptors (Lipinski definition) is 4. The van der Waals surface area contributed by atoms with Gasteiger partial charge in [-0.25, -0.2) is 4.79 Å². The van der Waals surface area contributed by atoms with E-state index in [4.69, 9.17) is 4.74 Å². The Morgan fingerprint density at radius 2 is 2.00 bits per heavy atom. The molecular weight excluding hydrogens is 222 g/mol. The van der Waals surface area contributed by atoms with Crippen molar-refractivity contribution in [1.29, 1.82) is 0 Å². The van der Waals surface area contributed by atoms with Crippen molar-refractivity contribution in [2.45, 2.75) is 25.2 Å². The van der Waals surface area contributed by atoms with Gasteiger partial charge in [0.2, 0.25) is 0 Å². The first-order valence-corrected chi connectivity index (χ1v) is 5.58. The van der Waals surface area contributed by atoms with Crippen LogP contribution >= 0.6 is 0 Å². The summed E-state index contributed by atoms with van der Waals surface area (Å²) in [5, 5.41) is 19.1. The lowest BCUT2D eigenvalue weighted by Crippen LogP contribution is -2.51. The molecule has 2 N–H and O–H groups in total. The fourth-order valence-electron chi connectivity index (χ4n) is 1.81. The number of nitrogens with zero attached hydrogens (tertiary/aromatic N) is 1. The number of aliphatic hydroxyl groups is 2. The summed E-state index contributed by atoms with van der Waals surface area (Å²) in [4.78, 5) is 12.9. The van der Waals surface area contributed by atoms with E-state index in [9.17, 15) is 15.0 Å². The molecule has 0 unspecified atom stereocenters. The van der Waals surface area contributed by atoms with Crippen LogP contribution in [0.2, 0.25) is 0 Å². The first-order valence-electron chi connectivity index (χ1n) is 5.58. The Kier molecular flexibility index (Phi) is 3.61. The third-order valence-electron chi connectivity index (χ3n) is 2.75. The smallest absolute Gasteiger partial charge is 0.410 e. The van der Waals surface area contributed by atoms with Gasteiger partial charge in [-0.1, -0.05) is 18.2 Å². The van der Waals surface area contributed by atoms with Crippen molar-refractivity contribution in [1.82, 2.24) is 4.90 Å². The van der Waals surface area contributed by atoms with Gasteiger partial charge in [0.1, 0.15) is 5.75 Å². The van der Waals surface area contributed by atoms with E-state index in [2.05, 4.69) is 0 Å². The molecule has 0 aromatic heterocycles. The molecule has 0 aliphatic carbocycles. The van der Waals surface area contributed by atoms with Crippen molar-refractivity contribution >= 4 is 6.09 Å². The highest BCUT2D eigenvalue weighted by Crippen LogP contribution is 2.18. The minimum atomic E-state index is -1.18. The number of carbonyl (C=O) groups is 1. The molecular formula is C12H15NO4. The third-order valence-corrected chi connectivity index (χ3v) is 2.75. The topological polar surface area (TPSA) is 70.0 Å². The first kappa shape index (κ1) is 11.9. The average molecular weight is 237 g/mol. The van der Waals surface area contributed by atoms with Gasteiger partial charge in [0.05, 0.1) is 6.10 Å². The molecule has 5 heteroatoms. The van der Waals surface area contributed by atoms with Gasteiger partial charge >= 0.3 is 6.09 Å². The number of carbonyl (C=O) groups excluding carboxylic acids is 1. The van der Waals surface area contributed by atoms with Crippen LogP contribution in [0.25, 0.3) is 0 Å². The largest absolute Gasteiger partial charge is 0.417 e. The quantitative estimate of drug-likeness (QED) is 0.763. The molecule has 1 aromatic rings. The summed E-state index contributed by atoms with van der Waals surface area (Å²) in [5.41, 5.74) is 0. The van der Waals surface area contributed by atoms with Crippen LogP contribution in [0.3, 0.4) is 0 Å². The maximum Gasteiger partial charge on any atom is 0.417 e. The number of hydrogen-bond donors (Lipinski definition) is 2. The molecule has 0 saturated carbocycles. The van der Waals surface area contributed by atoms with E-state index in [0.717, 1.165) is 4.90 Å². The maximum atomic E-state index is 11.8. The van der Waals surface area contributed by atoms with Gasteiger partial charge in [-0.3, -0.25) is 4.90 Å². The van der Waals surface area contributed by atoms with Gasteiger partial charge in [0.15, 0.2) is 6.23 Å². The van der Waals surface area contributed by atoms with Crippen LogP contribution in [0.1, 0.15) is 12.8 Å². The lowest BCUT2D eigenvalue weighted by Gasteiger charge is -2.34. The average Bonchev–Trinajstić information content (AvgIpc) is 2.34. The van der Waals surface area contributed by atoms with Crippen molar-refractivity contribution < 1.29 is 19.7 Å². The normalized spacial score (nSPS) is 24.5. The summed E-state index contributed by atoms with van der Waals surface area (Å²) >= 11 is 0. The standard InChI is InChI=1S/C12H15NO4/c14-10-7-4-8-13(11(10)15)12(16)17-9-5-2-1-3-6-9/h1-3,5-6,10-11,14-15H,4,7-8H2/t10-,11-/m0/s1. The van der Waals surface area contributed by atoms with Crippen molar-refractivity contribution in [2.75, 3.05) is 6.54 Å². The van der Waals surface area contributed by atoms with Gasteiger partial charge in [0, 0.05) is 6.54 Å². The zero-order valence-corrected chi connectivity index (χ0v) is 9.32. The second kappa shape index (κ2) is 5.16. The van der Waals surface area contributed by atoms with E-state index >= 15 is 0 Å². The van der Waals surface area contributed by atoms with E-state index in [0.29, 0.717) is 25.1 Å². The molecule has 2 atom stereocenters. The molecule has 17 heavy (non-hydrogen) atoms. The van der Waals surface area contributed by atoms with Crippen molar-refractivity contribution in [3.05, 3.63) is 30.3 Å². The molecule has 1 aromatic carbocycles. The van der Waals surface area contributed by atoms with E-state index in [1.165, 1.54) is 0 Å². The van der Waals surface area contributed by atoms with Gasteiger partial charge in [0.25, 0.3) is 0 Å². The summed E-state index contributed by atoms with van der Waals surface area (Å²) in [7, 11) is 0. The SMILES string of the molecule is O=C(Oc1ccccc1)N1CCC[C@H](O)[C@@H]1O. The predicted octanol–water partition coefficient (Wildman–Crippen LogP) is 0.960. The molecule has 1 saturated heterocycles. The molecule has 5 nitrogen and oxygen atoms in total. The predicted molar refractivity (Wildman–Crippen MR) is 60.4 cm³/mol. The number of aliphatic hydroxyl groups excluding tert-OH is 2. The van der Waals surface area contributed by atoms with Crippen LogP contribution in [0.15, 0.2) is 30.3 Å². The van der Waals surface area contributed by atoms with E-state index < -0.39 is 18.4 Å². The van der Waals surface area contributed by atoms with E-state index in [-0.39, 0.29) is 0 Å². The Bertz CT molecular complexity index is 381. The van der Waals surface area contributed by atoms with Gasteiger partial charge in [-0.15, -0.1) is 0 Å². The minimum Gasteiger partial charge on any atom is -0.410 e. The molecule has 0 bridgehead atoms. The van der Waals surface area contributed by atoms with Crippen LogP contribution in [0.5, 0.6) is 5.75 Å². The fraction of sp³-hybridized carbons (Fsp3) is 0.417. The van der Waals surface area contributed by atoms with Crippen molar-refractivity contribution in [3.8, 4) is 5.75 Å². The lowest BCUT2D eigenvalue weighted by molar-refractivity contribution is -0.0921. The van der Waals surface area contributed by atoms with Crippen LogP contribution in [-0.2, 0) is 0 Å². The number of benzene rings is 1. The van der Waals surface area contributed by atoms with Crippen molar-refractivity contribution in [2.24, 2.45) is 0 Å². The Balaban J connectivity index is 2.00. The highest BCUT2D eigenvalue weighted by molar-refractivity contribution is 5.71. The molecule has 0 spiro atoms. The van der Waals surface area contributed by atoms with Crippen LogP contribution in [0.4, 0.5) is 4.79 Å². The molecule has 1 fully saturated rings. The Morgan fingerprint density at radius 3 is 2.71 bits per heavy atom. The molecule has 1 aliphatic rings. The molecule has 1 aliphatic heterocycles. The number of para-hydroxylation sites is 1. The van der Waals surface area contributed by atoms with Crippen LogP contribution in [0, 0.1) is 0 Å². The second-order valence-electron chi connectivity index (χ2n) is 4.00. The highest BCUT2D eigenvalue weighted by Gasteiger charge is 2.32. The van der Waals surface area contributed by atoms with Gasteiger partial charge in [-0.2, -0.15) is 0 Å². The maximum absolute atomic E-state index is 11.8. The number of likely N-dealkylation sites (tertiary alicyclic amines) is 1. The Morgan fingerprint density at radius 1 is 1.29 bits per heavy atom. The molecule has 92 valence electrons. The molecule has 0 radical (unpaired) electrons. The zero-order chi connectivity index (χ0) is 12.3. The van der Waals surface area contributed by atoms with Gasteiger partial charge < -0.3 is 14.9 Å². The lowest BCUT2D eigenvalue weighted by atomic mass is 10.1. The third kappa shape index (κ3) is 2.75. The first-order chi connectivity index (χ1) is 8.18. The monoisotopic (exact) mass is 237 g/mol. The zero-order valence-electron chi connectivity index (χ0n) is 9.32. The highest BCUT2D eigenvalue weighted by atomic mass is 16.6. The number of amides is 1. The van der Waals surface area contributed by atoms with Crippen LogP contribution < -0.4 is 4.74 Å². The Labute approximate surface area is 99.2 Å². The molecule has 1 heterocycles. The molecule has 1 amide bonds. The summed E-state index contributed by atoms with van der Waals surface area (Å²) in [6, 6.07) is 8.64. The number of piperidine rings is 1. The summed E-state index contributed by atoms with van der Waals surface area (Å²) in [6.07, 6.45) is -1.56. The van der Waals surface area contributed by atoms with Gasteiger partial charge in [-0.05, 0) is 25.0 Å². The summed E-state index contributed by atoms with van der Waals surface area (Å²) < 4.78 is 5.09. The fourth-order valence-corrected chi connectivity index (χ4v) is 1.81. The van der Waals surface area contributed by atoms with Crippen LogP contribution in [-0.4, -0.2) is 40.1 Å². The number of ether oxygens (including phenoxy) is 1. The summed E-state index contributed by atoms with van der Waals surface area (Å²) in [6.45, 7) is 0.393. The number of rotatable bonds is 1. The van der Waals surface area contributed by atoms with Crippen molar-refractivity contribution in [3.63, 3.8) is 0 Å².